The molecule has 1 heterocycles. The number of rotatable bonds is 9. The van der Waals surface area contributed by atoms with E-state index in [-0.39, 0.29) is 0 Å². The maximum atomic E-state index is 5.43. The Morgan fingerprint density at radius 1 is 1.41 bits per heavy atom. The first-order valence-electron chi connectivity index (χ1n) is 6.56. The molecule has 0 amide bonds. The van der Waals surface area contributed by atoms with E-state index in [1.54, 1.807) is 0 Å². The maximum Gasteiger partial charge on any atom is 0.202 e. The molecule has 0 aliphatic heterocycles. The van der Waals surface area contributed by atoms with Crippen molar-refractivity contribution >= 4 is 5.95 Å². The quantitative estimate of drug-likeness (QED) is 0.673. The minimum absolute atomic E-state index is 0.637. The molecule has 1 aromatic heterocycles. The van der Waals surface area contributed by atoms with Crippen LogP contribution in [0.1, 0.15) is 33.6 Å². The van der Waals surface area contributed by atoms with E-state index < -0.39 is 0 Å². The van der Waals surface area contributed by atoms with E-state index in [9.17, 15) is 0 Å². The number of imidazole rings is 1. The van der Waals surface area contributed by atoms with Crippen molar-refractivity contribution in [3.63, 3.8) is 0 Å². The van der Waals surface area contributed by atoms with Crippen LogP contribution in [0.5, 0.6) is 0 Å². The molecule has 0 atom stereocenters. The van der Waals surface area contributed by atoms with Gasteiger partial charge < -0.3 is 14.6 Å². The monoisotopic (exact) mass is 239 g/mol. The zero-order valence-electron chi connectivity index (χ0n) is 11.3. The molecule has 1 rings (SSSR count). The van der Waals surface area contributed by atoms with Gasteiger partial charge in [-0.3, -0.25) is 0 Å². The number of aromatic nitrogens is 2. The predicted octanol–water partition coefficient (Wildman–Crippen LogP) is 2.77. The lowest BCUT2D eigenvalue weighted by Crippen LogP contribution is -2.12. The molecule has 0 saturated heterocycles. The van der Waals surface area contributed by atoms with E-state index in [4.69, 9.17) is 4.74 Å². The van der Waals surface area contributed by atoms with Gasteiger partial charge in [0.1, 0.15) is 0 Å². The van der Waals surface area contributed by atoms with Gasteiger partial charge in [-0.2, -0.15) is 0 Å². The Morgan fingerprint density at radius 2 is 2.24 bits per heavy atom. The van der Waals surface area contributed by atoms with Gasteiger partial charge in [0.15, 0.2) is 0 Å². The molecule has 4 heteroatoms. The van der Waals surface area contributed by atoms with Gasteiger partial charge in [-0.1, -0.05) is 20.8 Å². The number of nitrogens with zero attached hydrogens (tertiary/aromatic N) is 2. The summed E-state index contributed by atoms with van der Waals surface area (Å²) in [5.74, 6) is 1.60. The summed E-state index contributed by atoms with van der Waals surface area (Å²) in [5, 5.41) is 3.35. The zero-order chi connectivity index (χ0) is 12.5. The molecular weight excluding hydrogens is 214 g/mol. The molecule has 0 unspecified atom stereocenters. The van der Waals surface area contributed by atoms with Crippen LogP contribution in [0.2, 0.25) is 0 Å². The minimum Gasteiger partial charge on any atom is -0.381 e. The summed E-state index contributed by atoms with van der Waals surface area (Å²) in [5.41, 5.74) is 0. The van der Waals surface area contributed by atoms with Crippen molar-refractivity contribution in [2.24, 2.45) is 5.92 Å². The molecular formula is C13H25N3O. The highest BCUT2D eigenvalue weighted by atomic mass is 16.5. The van der Waals surface area contributed by atoms with E-state index in [1.807, 2.05) is 12.4 Å². The number of anilines is 1. The Bertz CT molecular complexity index is 297. The van der Waals surface area contributed by atoms with Crippen molar-refractivity contribution in [3.8, 4) is 0 Å². The lowest BCUT2D eigenvalue weighted by Gasteiger charge is -2.11. The summed E-state index contributed by atoms with van der Waals surface area (Å²) in [6.07, 6.45) is 5.98. The largest absolute Gasteiger partial charge is 0.381 e. The Morgan fingerprint density at radius 3 is 2.94 bits per heavy atom. The van der Waals surface area contributed by atoms with Crippen molar-refractivity contribution < 1.29 is 4.74 Å². The SMILES string of the molecule is CCCOCCCNc1nccn1CC(C)C. The highest BCUT2D eigenvalue weighted by Crippen LogP contribution is 2.08. The fraction of sp³-hybridized carbons (Fsp3) is 0.769. The summed E-state index contributed by atoms with van der Waals surface area (Å²) in [7, 11) is 0. The van der Waals surface area contributed by atoms with Crippen LogP contribution in [0.3, 0.4) is 0 Å². The third-order valence-corrected chi connectivity index (χ3v) is 2.37. The van der Waals surface area contributed by atoms with Crippen molar-refractivity contribution in [2.75, 3.05) is 25.1 Å². The molecule has 0 spiro atoms. The number of ether oxygens (including phenoxy) is 1. The molecule has 0 fully saturated rings. The Hall–Kier alpha value is -1.03. The van der Waals surface area contributed by atoms with Crippen molar-refractivity contribution in [2.45, 2.75) is 40.2 Å². The van der Waals surface area contributed by atoms with Crippen LogP contribution in [0.4, 0.5) is 5.95 Å². The minimum atomic E-state index is 0.637. The van der Waals surface area contributed by atoms with Gasteiger partial charge >= 0.3 is 0 Å². The molecule has 4 nitrogen and oxygen atoms in total. The van der Waals surface area contributed by atoms with E-state index in [0.717, 1.165) is 45.1 Å². The van der Waals surface area contributed by atoms with E-state index in [0.29, 0.717) is 5.92 Å². The first-order valence-corrected chi connectivity index (χ1v) is 6.56. The van der Waals surface area contributed by atoms with Gasteiger partial charge in [0.2, 0.25) is 5.95 Å². The first kappa shape index (κ1) is 14.0. The predicted molar refractivity (Wildman–Crippen MR) is 71.3 cm³/mol. The Labute approximate surface area is 104 Å². The second-order valence-electron chi connectivity index (χ2n) is 4.69. The van der Waals surface area contributed by atoms with Crippen LogP contribution in [0.25, 0.3) is 0 Å². The van der Waals surface area contributed by atoms with E-state index >= 15 is 0 Å². The van der Waals surface area contributed by atoms with Gasteiger partial charge in [0, 0.05) is 38.7 Å². The van der Waals surface area contributed by atoms with Gasteiger partial charge in [0.05, 0.1) is 0 Å². The van der Waals surface area contributed by atoms with Crippen molar-refractivity contribution in [1.82, 2.24) is 9.55 Å². The highest BCUT2D eigenvalue weighted by molar-refractivity contribution is 5.25. The van der Waals surface area contributed by atoms with Gasteiger partial charge in [-0.05, 0) is 18.8 Å². The summed E-state index contributed by atoms with van der Waals surface area (Å²) in [6, 6.07) is 0. The molecule has 1 N–H and O–H groups in total. The van der Waals surface area contributed by atoms with Gasteiger partial charge in [-0.25, -0.2) is 4.98 Å². The second kappa shape index (κ2) is 8.12. The normalized spacial score (nSPS) is 11.1. The Balaban J connectivity index is 2.20. The van der Waals surface area contributed by atoms with Crippen LogP contribution in [0.15, 0.2) is 12.4 Å². The fourth-order valence-corrected chi connectivity index (χ4v) is 1.64. The second-order valence-corrected chi connectivity index (χ2v) is 4.69. The van der Waals surface area contributed by atoms with Crippen molar-refractivity contribution in [3.05, 3.63) is 12.4 Å². The summed E-state index contributed by atoms with van der Waals surface area (Å²) in [6.45, 7) is 10.2. The number of hydrogen-bond donors (Lipinski definition) is 1. The first-order chi connectivity index (χ1) is 8.24. The molecule has 0 aliphatic rings. The fourth-order valence-electron chi connectivity index (χ4n) is 1.64. The Kier molecular flexibility index (Phi) is 6.70. The van der Waals surface area contributed by atoms with Crippen molar-refractivity contribution in [1.29, 1.82) is 0 Å². The number of nitrogens with one attached hydrogen (secondary N) is 1. The molecule has 0 aliphatic carbocycles. The molecule has 0 bridgehead atoms. The summed E-state index contributed by atoms with van der Waals surface area (Å²) >= 11 is 0. The van der Waals surface area contributed by atoms with Crippen LogP contribution in [0, 0.1) is 5.92 Å². The summed E-state index contributed by atoms with van der Waals surface area (Å²) in [4.78, 5) is 4.31. The zero-order valence-corrected chi connectivity index (χ0v) is 11.3. The third kappa shape index (κ3) is 5.73. The molecule has 1 aromatic rings. The van der Waals surface area contributed by atoms with Crippen LogP contribution in [-0.2, 0) is 11.3 Å². The van der Waals surface area contributed by atoms with Gasteiger partial charge in [0.25, 0.3) is 0 Å². The number of hydrogen-bond acceptors (Lipinski definition) is 3. The average Bonchev–Trinajstić information content (AvgIpc) is 2.70. The topological polar surface area (TPSA) is 39.1 Å². The molecule has 0 radical (unpaired) electrons. The molecule has 98 valence electrons. The standard InChI is InChI=1S/C13H25N3O/c1-4-9-17-10-5-6-14-13-15-7-8-16(13)11-12(2)3/h7-8,12H,4-6,9-11H2,1-3H3,(H,14,15). The lowest BCUT2D eigenvalue weighted by atomic mass is 10.2. The van der Waals surface area contributed by atoms with Gasteiger partial charge in [-0.15, -0.1) is 0 Å². The lowest BCUT2D eigenvalue weighted by molar-refractivity contribution is 0.134. The summed E-state index contributed by atoms with van der Waals surface area (Å²) < 4.78 is 7.59. The third-order valence-electron chi connectivity index (χ3n) is 2.37. The van der Waals surface area contributed by atoms with E-state index in [1.165, 1.54) is 0 Å². The van der Waals surface area contributed by atoms with Crippen LogP contribution in [-0.4, -0.2) is 29.3 Å². The highest BCUT2D eigenvalue weighted by Gasteiger charge is 2.03. The molecule has 17 heavy (non-hydrogen) atoms. The molecule has 0 saturated carbocycles. The van der Waals surface area contributed by atoms with Crippen LogP contribution < -0.4 is 5.32 Å². The average molecular weight is 239 g/mol. The smallest absolute Gasteiger partial charge is 0.202 e. The molecule has 0 aromatic carbocycles. The van der Waals surface area contributed by atoms with E-state index in [2.05, 4.69) is 35.6 Å². The van der Waals surface area contributed by atoms with Crippen LogP contribution >= 0.6 is 0 Å². The maximum absolute atomic E-state index is 5.43.